The van der Waals surface area contributed by atoms with E-state index in [0.29, 0.717) is 12.8 Å². The molecule has 9 heteroatoms. The topological polar surface area (TPSA) is 149 Å². The molecule has 0 aliphatic heterocycles. The summed E-state index contributed by atoms with van der Waals surface area (Å²) in [5, 5.41) is 41.1. The van der Waals surface area contributed by atoms with Crippen molar-refractivity contribution in [2.24, 2.45) is 0 Å². The van der Waals surface area contributed by atoms with Gasteiger partial charge in [-0.1, -0.05) is 78.1 Å². The fourth-order valence-corrected chi connectivity index (χ4v) is 6.96. The number of hydrogen-bond acceptors (Lipinski definition) is 6. The average Bonchev–Trinajstić information content (AvgIpc) is 2.87. The summed E-state index contributed by atoms with van der Waals surface area (Å²) in [7, 11) is -4.70. The summed E-state index contributed by atoms with van der Waals surface area (Å²) < 4.78 is 28.2. The Kier molecular flexibility index (Phi) is 12.8. The Morgan fingerprint density at radius 3 is 1.26 bits per heavy atom. The van der Waals surface area contributed by atoms with Crippen LogP contribution in [0.25, 0.3) is 0 Å². The van der Waals surface area contributed by atoms with Crippen molar-refractivity contribution in [3.8, 4) is 11.5 Å². The van der Waals surface area contributed by atoms with E-state index < -0.39 is 43.1 Å². The van der Waals surface area contributed by atoms with E-state index in [9.17, 15) is 38.4 Å². The molecule has 39 heavy (non-hydrogen) atoms. The molecule has 0 amide bonds. The van der Waals surface area contributed by atoms with Crippen LogP contribution in [-0.4, -0.2) is 40.8 Å². The van der Waals surface area contributed by atoms with Gasteiger partial charge in [-0.15, -0.1) is 0 Å². The first-order valence-corrected chi connectivity index (χ1v) is 15.5. The van der Waals surface area contributed by atoms with Crippen LogP contribution in [0.5, 0.6) is 11.5 Å². The van der Waals surface area contributed by atoms with Crippen molar-refractivity contribution in [3.05, 3.63) is 46.5 Å². The smallest absolute Gasteiger partial charge is 0.336 e. The van der Waals surface area contributed by atoms with Crippen LogP contribution < -0.4 is 0 Å². The van der Waals surface area contributed by atoms with Gasteiger partial charge >= 0.3 is 11.9 Å². The molecule has 2 aromatic rings. The van der Waals surface area contributed by atoms with Gasteiger partial charge < -0.3 is 20.4 Å². The van der Waals surface area contributed by atoms with Crippen LogP contribution in [0, 0.1) is 0 Å². The second-order valence-corrected chi connectivity index (χ2v) is 11.9. The van der Waals surface area contributed by atoms with Gasteiger partial charge in [0.25, 0.3) is 0 Å². The molecule has 0 saturated heterocycles. The first-order chi connectivity index (χ1) is 18.6. The van der Waals surface area contributed by atoms with Gasteiger partial charge in [0.1, 0.15) is 21.3 Å². The van der Waals surface area contributed by atoms with Crippen molar-refractivity contribution in [1.82, 2.24) is 0 Å². The summed E-state index contributed by atoms with van der Waals surface area (Å²) in [5.41, 5.74) is -0.565. The Hall–Kier alpha value is -3.07. The number of benzene rings is 2. The maximum absolute atomic E-state index is 14.1. The minimum atomic E-state index is -4.70. The van der Waals surface area contributed by atoms with Crippen molar-refractivity contribution in [3.63, 3.8) is 0 Å². The van der Waals surface area contributed by atoms with Crippen molar-refractivity contribution in [1.29, 1.82) is 0 Å². The molecule has 2 aromatic carbocycles. The van der Waals surface area contributed by atoms with Crippen LogP contribution in [0.2, 0.25) is 0 Å². The number of carbonyl (C=O) groups is 2. The Bertz CT molecular complexity index is 1140. The maximum Gasteiger partial charge on any atom is 0.336 e. The number of phenols is 2. The highest BCUT2D eigenvalue weighted by molar-refractivity contribution is 7.91. The van der Waals surface area contributed by atoms with Crippen LogP contribution in [0.15, 0.2) is 34.1 Å². The highest BCUT2D eigenvalue weighted by Gasteiger charge is 2.34. The molecule has 0 fully saturated rings. The van der Waals surface area contributed by atoms with E-state index in [4.69, 9.17) is 0 Å². The molecule has 0 aliphatic carbocycles. The van der Waals surface area contributed by atoms with E-state index in [2.05, 4.69) is 13.8 Å². The minimum absolute atomic E-state index is 0.0383. The molecule has 2 rings (SSSR count). The fourth-order valence-electron chi connectivity index (χ4n) is 4.99. The Morgan fingerprint density at radius 2 is 0.923 bits per heavy atom. The number of aromatic hydroxyl groups is 2. The van der Waals surface area contributed by atoms with E-state index >= 15 is 0 Å². The maximum atomic E-state index is 14.1. The molecule has 8 nitrogen and oxygen atoms in total. The molecule has 0 aromatic heterocycles. The third-order valence-corrected chi connectivity index (χ3v) is 9.02. The van der Waals surface area contributed by atoms with E-state index in [1.807, 2.05) is 0 Å². The third-order valence-electron chi connectivity index (χ3n) is 7.04. The van der Waals surface area contributed by atoms with E-state index in [0.717, 1.165) is 76.3 Å². The van der Waals surface area contributed by atoms with E-state index in [1.54, 1.807) is 0 Å². The fraction of sp³-hybridized carbons (Fsp3) is 0.533. The monoisotopic (exact) mass is 562 g/mol. The molecule has 216 valence electrons. The number of carboxylic acid groups (broad SMARTS) is 2. The van der Waals surface area contributed by atoms with Crippen LogP contribution in [-0.2, 0) is 22.7 Å². The lowest BCUT2D eigenvalue weighted by molar-refractivity contribution is 0.0684. The second kappa shape index (κ2) is 15.5. The number of rotatable bonds is 18. The summed E-state index contributed by atoms with van der Waals surface area (Å²) in [6, 6.07) is 4.39. The van der Waals surface area contributed by atoms with Gasteiger partial charge in [0.05, 0.1) is 11.1 Å². The van der Waals surface area contributed by atoms with E-state index in [1.165, 1.54) is 12.1 Å². The zero-order valence-corrected chi connectivity index (χ0v) is 23.9. The van der Waals surface area contributed by atoms with Gasteiger partial charge in [0.2, 0.25) is 9.84 Å². The highest BCUT2D eigenvalue weighted by Crippen LogP contribution is 2.41. The number of phenolic OH excluding ortho intramolecular Hbond substituents is 2. The van der Waals surface area contributed by atoms with Gasteiger partial charge in [0, 0.05) is 0 Å². The zero-order chi connectivity index (χ0) is 29.0. The van der Waals surface area contributed by atoms with Crippen molar-refractivity contribution >= 4 is 21.8 Å². The molecule has 0 radical (unpaired) electrons. The van der Waals surface area contributed by atoms with Crippen molar-refractivity contribution in [2.45, 2.75) is 114 Å². The first kappa shape index (κ1) is 32.1. The molecular formula is C30H42O8S. The van der Waals surface area contributed by atoms with Gasteiger partial charge in [-0.2, -0.15) is 0 Å². The lowest BCUT2D eigenvalue weighted by Crippen LogP contribution is -2.15. The molecule has 0 bridgehead atoms. The Labute approximate surface area is 231 Å². The van der Waals surface area contributed by atoms with Gasteiger partial charge in [-0.25, -0.2) is 18.0 Å². The van der Waals surface area contributed by atoms with Crippen molar-refractivity contribution < 1.29 is 38.4 Å². The summed E-state index contributed by atoms with van der Waals surface area (Å²) in [4.78, 5) is 22.9. The first-order valence-electron chi connectivity index (χ1n) is 14.0. The number of hydrogen-bond donors (Lipinski definition) is 4. The normalized spacial score (nSPS) is 11.5. The van der Waals surface area contributed by atoms with Crippen LogP contribution in [0.3, 0.4) is 0 Å². The summed E-state index contributed by atoms with van der Waals surface area (Å²) in [6.07, 6.45) is 10.9. The SMILES string of the molecule is CCCCCCCCc1c(C(=O)O)ccc(O)c1S(=O)(=O)c1c(O)ccc(C(=O)O)c1CCCCCCCC. The minimum Gasteiger partial charge on any atom is -0.507 e. The molecule has 0 atom stereocenters. The summed E-state index contributed by atoms with van der Waals surface area (Å²) in [6.45, 7) is 4.19. The molecule has 0 aliphatic rings. The standard InChI is InChI=1S/C30H42O8S/c1-3-5-7-9-11-13-15-21-23(29(33)34)17-19-25(31)27(21)39(37,38)28-22(16-14-12-10-8-6-4-2)24(30(35)36)18-20-26(28)32/h17-20,31-32H,3-16H2,1-2H3,(H,33,34)(H,35,36). The number of unbranched alkanes of at least 4 members (excludes halogenated alkanes) is 10. The largest absolute Gasteiger partial charge is 0.507 e. The van der Waals surface area contributed by atoms with Crippen LogP contribution in [0.4, 0.5) is 0 Å². The Balaban J connectivity index is 2.59. The van der Waals surface area contributed by atoms with Gasteiger partial charge in [-0.05, 0) is 61.1 Å². The summed E-state index contributed by atoms with van der Waals surface area (Å²) in [5.74, 6) is -3.93. The number of carboxylic acids is 2. The average molecular weight is 563 g/mol. The molecular weight excluding hydrogens is 520 g/mol. The van der Waals surface area contributed by atoms with E-state index in [-0.39, 0.29) is 35.1 Å². The molecule has 4 N–H and O–H groups in total. The quantitative estimate of drug-likeness (QED) is 0.140. The second-order valence-electron chi connectivity index (χ2n) is 10.0. The Morgan fingerprint density at radius 1 is 0.590 bits per heavy atom. The highest BCUT2D eigenvalue weighted by atomic mass is 32.2. The predicted octanol–water partition coefficient (Wildman–Crippen LogP) is 7.13. The van der Waals surface area contributed by atoms with Gasteiger partial charge in [-0.3, -0.25) is 0 Å². The lowest BCUT2D eigenvalue weighted by Gasteiger charge is -2.19. The predicted molar refractivity (Wildman–Crippen MR) is 150 cm³/mol. The zero-order valence-electron chi connectivity index (χ0n) is 23.0. The molecule has 0 heterocycles. The van der Waals surface area contributed by atoms with Crippen LogP contribution in [0.1, 0.15) is 123 Å². The van der Waals surface area contributed by atoms with Gasteiger partial charge in [0.15, 0.2) is 0 Å². The number of aromatic carboxylic acids is 2. The molecule has 0 saturated carbocycles. The third kappa shape index (κ3) is 8.46. The summed E-state index contributed by atoms with van der Waals surface area (Å²) >= 11 is 0. The molecule has 0 spiro atoms. The van der Waals surface area contributed by atoms with Crippen LogP contribution >= 0.6 is 0 Å². The van der Waals surface area contributed by atoms with Crippen molar-refractivity contribution in [2.75, 3.05) is 0 Å². The molecule has 0 unspecified atom stereocenters. The number of sulfone groups is 1. The lowest BCUT2D eigenvalue weighted by atomic mass is 9.99.